The van der Waals surface area contributed by atoms with Crippen molar-refractivity contribution in [1.29, 1.82) is 0 Å². The summed E-state index contributed by atoms with van der Waals surface area (Å²) in [5.74, 6) is 6.07. The van der Waals surface area contributed by atoms with Crippen molar-refractivity contribution < 1.29 is 4.74 Å². The molecule has 2 saturated carbocycles. The third-order valence-corrected chi connectivity index (χ3v) is 12.0. The smallest absolute Gasteiger partial charge is 0.0466 e. The molecule has 2 atom stereocenters. The molecule has 0 aliphatic heterocycles. The number of hydrogen-bond acceptors (Lipinski definition) is 1. The molecule has 0 aromatic rings. The third-order valence-electron chi connectivity index (χ3n) is 12.0. The Kier molecular flexibility index (Phi) is 16.0. The molecule has 4 aliphatic carbocycles. The number of allylic oxidation sites excluding steroid dienone is 4. The molecule has 4 rings (SSSR count). The van der Waals surface area contributed by atoms with E-state index in [2.05, 4.69) is 26.0 Å². The summed E-state index contributed by atoms with van der Waals surface area (Å²) in [6.45, 7) is 6.83. The van der Waals surface area contributed by atoms with Crippen LogP contribution < -0.4 is 0 Å². The van der Waals surface area contributed by atoms with Gasteiger partial charge in [-0.05, 0) is 113 Å². The largest absolute Gasteiger partial charge is 0.381 e. The molecule has 0 aromatic carbocycles. The van der Waals surface area contributed by atoms with Crippen LogP contribution in [0.5, 0.6) is 0 Å². The summed E-state index contributed by atoms with van der Waals surface area (Å²) in [5.41, 5.74) is 3.51. The summed E-state index contributed by atoms with van der Waals surface area (Å²) in [5, 5.41) is 0. The molecule has 1 nitrogen and oxygen atoms in total. The van der Waals surface area contributed by atoms with Crippen LogP contribution in [0.25, 0.3) is 0 Å². The van der Waals surface area contributed by atoms with Gasteiger partial charge in [0.05, 0.1) is 0 Å². The van der Waals surface area contributed by atoms with Crippen LogP contribution in [0.4, 0.5) is 0 Å². The first-order valence-electron chi connectivity index (χ1n) is 19.1. The second-order valence-corrected chi connectivity index (χ2v) is 15.6. The highest BCUT2D eigenvalue weighted by Gasteiger charge is 2.21. The van der Waals surface area contributed by atoms with E-state index < -0.39 is 0 Å². The van der Waals surface area contributed by atoms with Gasteiger partial charge in [0.1, 0.15) is 0 Å². The topological polar surface area (TPSA) is 9.23 Å². The zero-order valence-electron chi connectivity index (χ0n) is 27.8. The van der Waals surface area contributed by atoms with Crippen molar-refractivity contribution in [3.05, 3.63) is 23.3 Å². The zero-order valence-corrected chi connectivity index (χ0v) is 27.8. The quantitative estimate of drug-likeness (QED) is 0.118. The lowest BCUT2D eigenvalue weighted by atomic mass is 9.79. The Morgan fingerprint density at radius 3 is 1.29 bits per heavy atom. The van der Waals surface area contributed by atoms with E-state index in [1.807, 2.05) is 0 Å². The van der Waals surface area contributed by atoms with E-state index >= 15 is 0 Å². The van der Waals surface area contributed by atoms with Gasteiger partial charge in [-0.3, -0.25) is 0 Å². The third kappa shape index (κ3) is 13.7. The van der Waals surface area contributed by atoms with Crippen LogP contribution in [-0.2, 0) is 4.74 Å². The summed E-state index contributed by atoms with van der Waals surface area (Å²) < 4.78 is 6.01. The second kappa shape index (κ2) is 19.7. The van der Waals surface area contributed by atoms with Crippen LogP contribution >= 0.6 is 0 Å². The van der Waals surface area contributed by atoms with Crippen LogP contribution in [0.1, 0.15) is 181 Å². The first-order chi connectivity index (χ1) is 20.1. The molecule has 0 aromatic heterocycles. The number of unbranched alkanes of at least 4 members (excludes halogenated alkanes) is 2. The normalized spacial score (nSPS) is 31.1. The van der Waals surface area contributed by atoms with Gasteiger partial charge in [0.15, 0.2) is 0 Å². The molecule has 0 saturated heterocycles. The van der Waals surface area contributed by atoms with Crippen LogP contribution in [0.3, 0.4) is 0 Å². The predicted octanol–water partition coefficient (Wildman–Crippen LogP) is 12.8. The minimum atomic E-state index is 0.972. The molecule has 0 radical (unpaired) electrons. The highest BCUT2D eigenvalue weighted by atomic mass is 16.5. The highest BCUT2D eigenvalue weighted by Crippen LogP contribution is 2.36. The van der Waals surface area contributed by atoms with Gasteiger partial charge in [-0.2, -0.15) is 0 Å². The van der Waals surface area contributed by atoms with Crippen LogP contribution in [0.15, 0.2) is 23.3 Å². The standard InChI is InChI=1S/C40H70O/c1-33-15-19-37(20-16-33)11-7-13-39-27-23-35(24-28-39)9-3-5-31-41-32-6-4-10-36-25-29-40(30-26-36)14-8-12-38-21-17-34(2)18-22-38/h23,25,33-34,37-40H,3-22,24,26-32H2,1-2H3. The molecular formula is C40H70O. The van der Waals surface area contributed by atoms with E-state index in [0.29, 0.717) is 0 Å². The van der Waals surface area contributed by atoms with E-state index in [1.54, 1.807) is 11.1 Å². The summed E-state index contributed by atoms with van der Waals surface area (Å²) in [6, 6.07) is 0. The molecule has 2 fully saturated rings. The molecule has 41 heavy (non-hydrogen) atoms. The fourth-order valence-electron chi connectivity index (χ4n) is 8.70. The molecule has 0 spiro atoms. The van der Waals surface area contributed by atoms with E-state index in [0.717, 1.165) is 48.7 Å². The summed E-state index contributed by atoms with van der Waals surface area (Å²) in [6.07, 6.45) is 42.4. The first kappa shape index (κ1) is 33.3. The van der Waals surface area contributed by atoms with Crippen LogP contribution in [0.2, 0.25) is 0 Å². The zero-order chi connectivity index (χ0) is 28.5. The average molecular weight is 567 g/mol. The van der Waals surface area contributed by atoms with Crippen molar-refractivity contribution in [2.75, 3.05) is 13.2 Å². The second-order valence-electron chi connectivity index (χ2n) is 15.6. The van der Waals surface area contributed by atoms with Crippen molar-refractivity contribution in [3.8, 4) is 0 Å². The van der Waals surface area contributed by atoms with Gasteiger partial charge in [0.25, 0.3) is 0 Å². The lowest BCUT2D eigenvalue weighted by Gasteiger charge is -2.27. The summed E-state index contributed by atoms with van der Waals surface area (Å²) in [4.78, 5) is 0. The Morgan fingerprint density at radius 2 is 0.902 bits per heavy atom. The Labute approximate surface area is 257 Å². The van der Waals surface area contributed by atoms with Gasteiger partial charge in [-0.25, -0.2) is 0 Å². The Balaban J connectivity index is 0.908. The fraction of sp³-hybridized carbons (Fsp3) is 0.900. The average Bonchev–Trinajstić information content (AvgIpc) is 3.00. The minimum Gasteiger partial charge on any atom is -0.381 e. The first-order valence-corrected chi connectivity index (χ1v) is 19.1. The predicted molar refractivity (Wildman–Crippen MR) is 179 cm³/mol. The van der Waals surface area contributed by atoms with Crippen molar-refractivity contribution in [1.82, 2.24) is 0 Å². The summed E-state index contributed by atoms with van der Waals surface area (Å²) in [7, 11) is 0. The Morgan fingerprint density at radius 1 is 0.488 bits per heavy atom. The van der Waals surface area contributed by atoms with Gasteiger partial charge in [-0.15, -0.1) is 0 Å². The van der Waals surface area contributed by atoms with Crippen molar-refractivity contribution >= 4 is 0 Å². The molecule has 0 amide bonds. The number of ether oxygens (including phenoxy) is 1. The van der Waals surface area contributed by atoms with Crippen molar-refractivity contribution in [2.45, 2.75) is 181 Å². The molecule has 0 N–H and O–H groups in total. The van der Waals surface area contributed by atoms with Gasteiger partial charge >= 0.3 is 0 Å². The maximum atomic E-state index is 6.01. The Bertz CT molecular complexity index is 670. The van der Waals surface area contributed by atoms with Gasteiger partial charge in [-0.1, -0.05) is 127 Å². The molecule has 0 bridgehead atoms. The van der Waals surface area contributed by atoms with Gasteiger partial charge in [0, 0.05) is 13.2 Å². The fourth-order valence-corrected chi connectivity index (χ4v) is 8.70. The monoisotopic (exact) mass is 567 g/mol. The lowest BCUT2D eigenvalue weighted by molar-refractivity contribution is 0.126. The van der Waals surface area contributed by atoms with E-state index in [4.69, 9.17) is 4.74 Å². The van der Waals surface area contributed by atoms with Crippen LogP contribution in [0, 0.1) is 35.5 Å². The van der Waals surface area contributed by atoms with Gasteiger partial charge < -0.3 is 4.74 Å². The SMILES string of the molecule is CC1CCC(CCCC2CC=C(CCCCOCCCCC3=CCC(CCCC4CCC(C)CC4)CC3)CC2)CC1. The minimum absolute atomic E-state index is 0.972. The maximum absolute atomic E-state index is 6.01. The molecule has 2 unspecified atom stereocenters. The Hall–Kier alpha value is -0.560. The molecule has 1 heteroatoms. The highest BCUT2D eigenvalue weighted by molar-refractivity contribution is 5.07. The molecular weight excluding hydrogens is 496 g/mol. The molecule has 0 heterocycles. The van der Waals surface area contributed by atoms with Gasteiger partial charge in [0.2, 0.25) is 0 Å². The van der Waals surface area contributed by atoms with E-state index in [1.165, 1.54) is 167 Å². The lowest BCUT2D eigenvalue weighted by Crippen LogP contribution is -2.13. The molecule has 236 valence electrons. The number of hydrogen-bond donors (Lipinski definition) is 0. The van der Waals surface area contributed by atoms with Crippen molar-refractivity contribution in [2.24, 2.45) is 35.5 Å². The van der Waals surface area contributed by atoms with Crippen LogP contribution in [-0.4, -0.2) is 13.2 Å². The number of rotatable bonds is 18. The van der Waals surface area contributed by atoms with E-state index in [9.17, 15) is 0 Å². The maximum Gasteiger partial charge on any atom is 0.0466 e. The van der Waals surface area contributed by atoms with E-state index in [-0.39, 0.29) is 0 Å². The summed E-state index contributed by atoms with van der Waals surface area (Å²) >= 11 is 0. The van der Waals surface area contributed by atoms with Crippen molar-refractivity contribution in [3.63, 3.8) is 0 Å². The molecule has 4 aliphatic rings.